The van der Waals surface area contributed by atoms with E-state index in [1.807, 2.05) is 6.26 Å². The Hall–Kier alpha value is 1.26. The molecule has 1 rings (SSSR count). The van der Waals surface area contributed by atoms with Crippen molar-refractivity contribution in [3.8, 4) is 0 Å². The molecule has 1 aliphatic heterocycles. The molecule has 1 fully saturated rings. The molecule has 1 saturated heterocycles. The van der Waals surface area contributed by atoms with Crippen LogP contribution in [0.15, 0.2) is 16.6 Å². The molecule has 0 amide bonds. The maximum Gasteiger partial charge on any atom is 1.00 e. The summed E-state index contributed by atoms with van der Waals surface area (Å²) in [6, 6.07) is 0. The molecule has 0 unspecified atom stereocenters. The van der Waals surface area contributed by atoms with Crippen LogP contribution in [0, 0.1) is 0 Å². The Morgan fingerprint density at radius 1 is 1.31 bits per heavy atom. The van der Waals surface area contributed by atoms with Crippen LogP contribution in [0.25, 0.3) is 0 Å². The first-order valence-corrected chi connectivity index (χ1v) is 10.6. The van der Waals surface area contributed by atoms with E-state index < -0.39 is 46.9 Å². The first-order valence-electron chi connectivity index (χ1n) is 7.06. The molecule has 0 saturated carbocycles. The van der Waals surface area contributed by atoms with E-state index in [4.69, 9.17) is 9.84 Å². The molecule has 0 aliphatic carbocycles. The standard InChI is InChI=1S/C12H21NO9S3.K/c1-23-5-3-2-4-8(13-22-25(18,19)20)24-12-11(17)10(16)9(15)7(6-14)21-12;/h3,5,7,9-12,14-17H,2,4,6H2,1H3,(H,18,19,20);/q;+1/p-1/b5-3+,13-8+;/t7-,9-,10+,11-,12+;/m1./s1. The molecule has 0 aromatic heterocycles. The predicted molar refractivity (Wildman–Crippen MR) is 91.5 cm³/mol. The van der Waals surface area contributed by atoms with E-state index in [1.165, 1.54) is 11.8 Å². The number of ether oxygens (including phenoxy) is 1. The molecule has 0 spiro atoms. The summed E-state index contributed by atoms with van der Waals surface area (Å²) < 4.78 is 40.9. The molecule has 0 bridgehead atoms. The third-order valence-electron chi connectivity index (χ3n) is 3.09. The topological polar surface area (TPSA) is 169 Å². The van der Waals surface area contributed by atoms with Crippen LogP contribution >= 0.6 is 23.5 Å². The van der Waals surface area contributed by atoms with Gasteiger partial charge in [0.2, 0.25) is 0 Å². The molecule has 0 aromatic rings. The van der Waals surface area contributed by atoms with Gasteiger partial charge in [0, 0.05) is 6.42 Å². The number of oxime groups is 1. The largest absolute Gasteiger partial charge is 1.00 e. The fourth-order valence-electron chi connectivity index (χ4n) is 1.88. The number of nitrogens with zero attached hydrogens (tertiary/aromatic N) is 1. The van der Waals surface area contributed by atoms with Gasteiger partial charge in [-0.05, 0) is 18.1 Å². The van der Waals surface area contributed by atoms with E-state index in [0.717, 1.165) is 11.8 Å². The van der Waals surface area contributed by atoms with Crippen molar-refractivity contribution >= 4 is 39.0 Å². The summed E-state index contributed by atoms with van der Waals surface area (Å²) in [6.45, 7) is -0.601. The zero-order valence-electron chi connectivity index (χ0n) is 14.2. The van der Waals surface area contributed by atoms with Gasteiger partial charge in [-0.25, -0.2) is 0 Å². The van der Waals surface area contributed by atoms with Crippen molar-refractivity contribution in [1.29, 1.82) is 0 Å². The molecule has 10 nitrogen and oxygen atoms in total. The summed E-state index contributed by atoms with van der Waals surface area (Å²) >= 11 is 2.18. The first kappa shape index (κ1) is 27.3. The molecule has 14 heteroatoms. The van der Waals surface area contributed by atoms with Crippen LogP contribution in [0.1, 0.15) is 12.8 Å². The molecular weight excluding hydrogens is 437 g/mol. The van der Waals surface area contributed by atoms with Crippen LogP contribution in [-0.2, 0) is 19.4 Å². The molecular formula is C12H20KNO9S3. The zero-order chi connectivity index (χ0) is 19.0. The Morgan fingerprint density at radius 3 is 2.50 bits per heavy atom. The molecule has 5 atom stereocenters. The third kappa shape index (κ3) is 9.64. The summed E-state index contributed by atoms with van der Waals surface area (Å²) in [4.78, 5) is 0. The second-order valence-electron chi connectivity index (χ2n) is 4.93. The van der Waals surface area contributed by atoms with Crippen molar-refractivity contribution in [2.45, 2.75) is 42.7 Å². The Morgan fingerprint density at radius 2 is 1.96 bits per heavy atom. The van der Waals surface area contributed by atoms with Gasteiger partial charge in [0.25, 0.3) is 10.4 Å². The normalized spacial score (nSPS) is 30.2. The van der Waals surface area contributed by atoms with Crippen molar-refractivity contribution in [2.24, 2.45) is 5.16 Å². The molecule has 146 valence electrons. The van der Waals surface area contributed by atoms with E-state index >= 15 is 0 Å². The Kier molecular flexibility index (Phi) is 14.1. The number of allylic oxidation sites excluding steroid dienone is 1. The van der Waals surface area contributed by atoms with Gasteiger partial charge in [-0.1, -0.05) is 23.0 Å². The van der Waals surface area contributed by atoms with Gasteiger partial charge in [-0.3, -0.25) is 4.28 Å². The van der Waals surface area contributed by atoms with Crippen LogP contribution in [0.5, 0.6) is 0 Å². The predicted octanol–water partition coefficient (Wildman–Crippen LogP) is -4.03. The van der Waals surface area contributed by atoms with E-state index in [9.17, 15) is 28.3 Å². The third-order valence-corrected chi connectivity index (χ3v) is 4.98. The van der Waals surface area contributed by atoms with Crippen molar-refractivity contribution < 1.29 is 93.8 Å². The maximum atomic E-state index is 10.6. The summed E-state index contributed by atoms with van der Waals surface area (Å²) in [5.41, 5.74) is -1.16. The Bertz CT molecular complexity index is 572. The van der Waals surface area contributed by atoms with Gasteiger partial charge in [-0.15, -0.1) is 11.8 Å². The molecule has 4 N–H and O–H groups in total. The summed E-state index contributed by atoms with van der Waals surface area (Å²) in [5, 5.41) is 43.7. The number of hydrogen-bond acceptors (Lipinski definition) is 12. The first-order chi connectivity index (χ1) is 11.7. The Balaban J connectivity index is 0.00000625. The number of rotatable bonds is 8. The fourth-order valence-corrected chi connectivity index (χ4v) is 3.52. The number of thioether (sulfide) groups is 2. The molecule has 26 heavy (non-hydrogen) atoms. The summed E-state index contributed by atoms with van der Waals surface area (Å²) in [7, 11) is -5.05. The van der Waals surface area contributed by atoms with E-state index in [-0.39, 0.29) is 62.8 Å². The number of hydrogen-bond donors (Lipinski definition) is 4. The van der Waals surface area contributed by atoms with Gasteiger partial charge in [-0.2, -0.15) is 8.42 Å². The quantitative estimate of drug-likeness (QED) is 0.0699. The smallest absolute Gasteiger partial charge is 0.714 e. The average Bonchev–Trinajstić information content (AvgIpc) is 2.55. The van der Waals surface area contributed by atoms with Crippen molar-refractivity contribution in [1.82, 2.24) is 0 Å². The van der Waals surface area contributed by atoms with E-state index in [0.29, 0.717) is 6.42 Å². The SMILES string of the molecule is CS/C=C/CC/C(=N\OS(=O)(=O)[O-])S[C@@H]1O[C@H](CO)[C@@H](O)[C@H](O)[C@H]1O.[K+]. The van der Waals surface area contributed by atoms with Crippen molar-refractivity contribution in [3.63, 3.8) is 0 Å². The maximum absolute atomic E-state index is 10.6. The van der Waals surface area contributed by atoms with Crippen molar-refractivity contribution in [3.05, 3.63) is 11.5 Å². The number of aliphatic hydroxyl groups is 4. The van der Waals surface area contributed by atoms with Gasteiger partial charge >= 0.3 is 51.4 Å². The van der Waals surface area contributed by atoms with Crippen LogP contribution in [-0.4, -0.2) is 81.2 Å². The van der Waals surface area contributed by atoms with Crippen LogP contribution in [0.3, 0.4) is 0 Å². The minimum absolute atomic E-state index is 0. The summed E-state index contributed by atoms with van der Waals surface area (Å²) in [5.74, 6) is 0. The minimum atomic E-state index is -5.05. The molecule has 0 aromatic carbocycles. The van der Waals surface area contributed by atoms with Crippen LogP contribution in [0.4, 0.5) is 0 Å². The second-order valence-corrected chi connectivity index (χ2v) is 7.81. The number of aliphatic hydroxyl groups excluding tert-OH is 4. The Labute approximate surface area is 202 Å². The second kappa shape index (κ2) is 13.5. The van der Waals surface area contributed by atoms with Crippen LogP contribution < -0.4 is 51.4 Å². The van der Waals surface area contributed by atoms with Gasteiger partial charge in [0.05, 0.1) is 6.61 Å². The van der Waals surface area contributed by atoms with Crippen LogP contribution in [0.2, 0.25) is 0 Å². The molecule has 1 heterocycles. The minimum Gasteiger partial charge on any atom is -0.714 e. The van der Waals surface area contributed by atoms with E-state index in [1.54, 1.807) is 11.5 Å². The monoisotopic (exact) mass is 457 g/mol. The van der Waals surface area contributed by atoms with Gasteiger partial charge < -0.3 is 29.7 Å². The van der Waals surface area contributed by atoms with E-state index in [2.05, 4.69) is 9.44 Å². The fraction of sp³-hybridized carbons (Fsp3) is 0.750. The molecule has 1 aliphatic rings. The average molecular weight is 458 g/mol. The summed E-state index contributed by atoms with van der Waals surface area (Å²) in [6.07, 6.45) is -1.50. The van der Waals surface area contributed by atoms with Gasteiger partial charge in [0.15, 0.2) is 0 Å². The zero-order valence-corrected chi connectivity index (χ0v) is 19.7. The van der Waals surface area contributed by atoms with Gasteiger partial charge in [0.1, 0.15) is 34.9 Å². The van der Waals surface area contributed by atoms with Crippen molar-refractivity contribution in [2.75, 3.05) is 12.9 Å². The molecule has 0 radical (unpaired) electrons.